The molecule has 1 N–H and O–H groups in total. The lowest BCUT2D eigenvalue weighted by atomic mass is 9.96. The summed E-state index contributed by atoms with van der Waals surface area (Å²) >= 11 is 3.21. The molecule has 0 saturated carbocycles. The number of fused-ring (bicyclic) bond motifs is 1. The number of phenols is 1. The number of halogens is 2. The number of phenolic OH excluding ortho intramolecular Hbond substituents is 1. The van der Waals surface area contributed by atoms with E-state index in [0.717, 1.165) is 0 Å². The van der Waals surface area contributed by atoms with E-state index in [1.54, 1.807) is 29.4 Å². The normalized spacial score (nSPS) is 20.8. The number of rotatable bonds is 1. The summed E-state index contributed by atoms with van der Waals surface area (Å²) in [6.45, 7) is 1.82. The van der Waals surface area contributed by atoms with Crippen LogP contribution in [-0.4, -0.2) is 26.5 Å². The minimum Gasteiger partial charge on any atom is -0.507 e. The van der Waals surface area contributed by atoms with Crippen LogP contribution in [0.1, 0.15) is 23.3 Å². The van der Waals surface area contributed by atoms with Crippen LogP contribution in [0.2, 0.25) is 0 Å². The lowest BCUT2D eigenvalue weighted by molar-refractivity contribution is 0.0717. The van der Waals surface area contributed by atoms with E-state index in [2.05, 4.69) is 20.9 Å². The van der Waals surface area contributed by atoms with E-state index in [9.17, 15) is 9.90 Å². The number of aromatic hydroxyl groups is 1. The Morgan fingerprint density at radius 1 is 1.45 bits per heavy atom. The highest BCUT2D eigenvalue weighted by atomic mass is 79.9. The standard InChI is InChI=1S/C13H11BrN2O3.ClH/c1-7-12(16-3-2-15-6-16)13(18)8-4-9(14)10(17)5-11(8)19-7;/h2-7,12,17H,1H3;1H. The van der Waals surface area contributed by atoms with Gasteiger partial charge in [0.05, 0.1) is 16.4 Å². The maximum absolute atomic E-state index is 12.6. The Bertz CT molecular complexity index is 645. The van der Waals surface area contributed by atoms with Gasteiger partial charge in [-0.25, -0.2) is 4.98 Å². The summed E-state index contributed by atoms with van der Waals surface area (Å²) in [6.07, 6.45) is 4.64. The lowest BCUT2D eigenvalue weighted by Gasteiger charge is -2.31. The number of Topliss-reactive ketones (excluding diaryl/α,β-unsaturated/α-hetero) is 1. The molecule has 1 aliphatic heterocycles. The van der Waals surface area contributed by atoms with Crippen LogP contribution >= 0.6 is 28.3 Å². The second kappa shape index (κ2) is 5.46. The minimum atomic E-state index is -0.438. The predicted molar refractivity (Wildman–Crippen MR) is 78.7 cm³/mol. The molecule has 1 aromatic carbocycles. The molecule has 3 rings (SSSR count). The van der Waals surface area contributed by atoms with Crippen molar-refractivity contribution < 1.29 is 14.6 Å². The van der Waals surface area contributed by atoms with Gasteiger partial charge in [-0.15, -0.1) is 12.4 Å². The van der Waals surface area contributed by atoms with Crippen molar-refractivity contribution in [2.75, 3.05) is 0 Å². The summed E-state index contributed by atoms with van der Waals surface area (Å²) in [5.74, 6) is 0.418. The molecule has 2 aromatic rings. The van der Waals surface area contributed by atoms with Crippen molar-refractivity contribution >= 4 is 34.1 Å². The van der Waals surface area contributed by atoms with Crippen molar-refractivity contribution in [1.29, 1.82) is 0 Å². The molecule has 0 amide bonds. The van der Waals surface area contributed by atoms with Crippen molar-refractivity contribution in [1.82, 2.24) is 9.55 Å². The van der Waals surface area contributed by atoms with Crippen LogP contribution in [0.25, 0.3) is 0 Å². The molecule has 2 unspecified atom stereocenters. The SMILES string of the molecule is CC1Oc2cc(O)c(Br)cc2C(=O)C1n1ccnc1.Cl. The van der Waals surface area contributed by atoms with E-state index >= 15 is 0 Å². The Kier molecular flexibility index (Phi) is 4.06. The first-order valence-electron chi connectivity index (χ1n) is 5.78. The van der Waals surface area contributed by atoms with Crippen LogP contribution < -0.4 is 4.74 Å². The largest absolute Gasteiger partial charge is 0.507 e. The van der Waals surface area contributed by atoms with Crippen LogP contribution in [-0.2, 0) is 0 Å². The van der Waals surface area contributed by atoms with Gasteiger partial charge in [-0.2, -0.15) is 0 Å². The number of carbonyl (C=O) groups excluding carboxylic acids is 1. The molecule has 2 heterocycles. The summed E-state index contributed by atoms with van der Waals surface area (Å²) in [6, 6.07) is 2.60. The van der Waals surface area contributed by atoms with Gasteiger partial charge in [0.2, 0.25) is 0 Å². The van der Waals surface area contributed by atoms with E-state index in [1.165, 1.54) is 6.07 Å². The number of hydrogen-bond acceptors (Lipinski definition) is 4. The fourth-order valence-electron chi connectivity index (χ4n) is 2.28. The van der Waals surface area contributed by atoms with Crippen LogP contribution in [0.3, 0.4) is 0 Å². The van der Waals surface area contributed by atoms with Crippen molar-refractivity contribution in [3.05, 3.63) is 40.9 Å². The number of nitrogens with zero attached hydrogens (tertiary/aromatic N) is 2. The number of aromatic nitrogens is 2. The van der Waals surface area contributed by atoms with Gasteiger partial charge < -0.3 is 14.4 Å². The van der Waals surface area contributed by atoms with E-state index < -0.39 is 6.04 Å². The van der Waals surface area contributed by atoms with Crippen LogP contribution in [0, 0.1) is 0 Å². The Morgan fingerprint density at radius 2 is 2.20 bits per heavy atom. The second-order valence-electron chi connectivity index (χ2n) is 4.44. The maximum Gasteiger partial charge on any atom is 0.193 e. The zero-order valence-electron chi connectivity index (χ0n) is 10.5. The van der Waals surface area contributed by atoms with Crippen LogP contribution in [0.4, 0.5) is 0 Å². The van der Waals surface area contributed by atoms with Gasteiger partial charge in [-0.05, 0) is 28.9 Å². The van der Waals surface area contributed by atoms with E-state index in [0.29, 0.717) is 15.8 Å². The number of ketones is 1. The number of benzene rings is 1. The summed E-state index contributed by atoms with van der Waals surface area (Å²) in [7, 11) is 0. The predicted octanol–water partition coefficient (Wildman–Crippen LogP) is 2.98. The van der Waals surface area contributed by atoms with Gasteiger partial charge in [0.25, 0.3) is 0 Å². The molecule has 1 aliphatic rings. The third kappa shape index (κ3) is 2.29. The third-order valence-electron chi connectivity index (χ3n) is 3.19. The monoisotopic (exact) mass is 358 g/mol. The number of ether oxygens (including phenoxy) is 1. The molecular weight excluding hydrogens is 348 g/mol. The Hall–Kier alpha value is -1.53. The summed E-state index contributed by atoms with van der Waals surface area (Å²) in [5.41, 5.74) is 0.460. The van der Waals surface area contributed by atoms with E-state index in [4.69, 9.17) is 4.74 Å². The molecule has 0 aliphatic carbocycles. The number of hydrogen-bond donors (Lipinski definition) is 1. The average Bonchev–Trinajstić information content (AvgIpc) is 2.86. The Labute approximate surface area is 130 Å². The van der Waals surface area contributed by atoms with Gasteiger partial charge in [0.15, 0.2) is 5.78 Å². The zero-order valence-corrected chi connectivity index (χ0v) is 12.9. The average molecular weight is 360 g/mol. The maximum atomic E-state index is 12.6. The van der Waals surface area contributed by atoms with Crippen molar-refractivity contribution in [2.24, 2.45) is 0 Å². The topological polar surface area (TPSA) is 64.3 Å². The molecule has 106 valence electrons. The Balaban J connectivity index is 0.00000147. The van der Waals surface area contributed by atoms with Gasteiger partial charge in [0, 0.05) is 18.5 Å². The van der Waals surface area contributed by atoms with Gasteiger partial charge in [0.1, 0.15) is 23.6 Å². The minimum absolute atomic E-state index is 0. The van der Waals surface area contributed by atoms with Crippen LogP contribution in [0.5, 0.6) is 11.5 Å². The molecule has 0 saturated heterocycles. The molecule has 2 atom stereocenters. The molecule has 0 fully saturated rings. The van der Waals surface area contributed by atoms with Gasteiger partial charge >= 0.3 is 0 Å². The molecule has 0 radical (unpaired) electrons. The lowest BCUT2D eigenvalue weighted by Crippen LogP contribution is -2.37. The fourth-order valence-corrected chi connectivity index (χ4v) is 2.63. The zero-order chi connectivity index (χ0) is 13.6. The molecule has 5 nitrogen and oxygen atoms in total. The third-order valence-corrected chi connectivity index (χ3v) is 3.82. The highest BCUT2D eigenvalue weighted by Crippen LogP contribution is 2.39. The first-order chi connectivity index (χ1) is 9.08. The fraction of sp³-hybridized carbons (Fsp3) is 0.231. The van der Waals surface area contributed by atoms with Crippen LogP contribution in [0.15, 0.2) is 35.3 Å². The van der Waals surface area contributed by atoms with Crippen molar-refractivity contribution in [2.45, 2.75) is 19.1 Å². The smallest absolute Gasteiger partial charge is 0.193 e. The molecule has 7 heteroatoms. The second-order valence-corrected chi connectivity index (χ2v) is 5.30. The molecule has 1 aromatic heterocycles. The van der Waals surface area contributed by atoms with Crippen molar-refractivity contribution in [3.8, 4) is 11.5 Å². The number of imidazole rings is 1. The summed E-state index contributed by atoms with van der Waals surface area (Å²) in [5, 5.41) is 9.64. The number of carbonyl (C=O) groups is 1. The first-order valence-corrected chi connectivity index (χ1v) is 6.58. The van der Waals surface area contributed by atoms with E-state index in [1.807, 2.05) is 6.92 Å². The van der Waals surface area contributed by atoms with Crippen molar-refractivity contribution in [3.63, 3.8) is 0 Å². The molecule has 20 heavy (non-hydrogen) atoms. The highest BCUT2D eigenvalue weighted by Gasteiger charge is 2.36. The van der Waals surface area contributed by atoms with Gasteiger partial charge in [-0.1, -0.05) is 0 Å². The highest BCUT2D eigenvalue weighted by molar-refractivity contribution is 9.10. The summed E-state index contributed by atoms with van der Waals surface area (Å²) in [4.78, 5) is 16.5. The Morgan fingerprint density at radius 3 is 2.85 bits per heavy atom. The quantitative estimate of drug-likeness (QED) is 0.850. The summed E-state index contributed by atoms with van der Waals surface area (Å²) < 4.78 is 7.93. The van der Waals surface area contributed by atoms with E-state index in [-0.39, 0.29) is 30.0 Å². The molecule has 0 bridgehead atoms. The molecular formula is C13H12BrClN2O3. The molecule has 0 spiro atoms. The van der Waals surface area contributed by atoms with Gasteiger partial charge in [-0.3, -0.25) is 4.79 Å². The first kappa shape index (κ1) is 14.9.